The van der Waals surface area contributed by atoms with Crippen molar-refractivity contribution in [3.05, 3.63) is 83.2 Å². The molecular formula is C23H16F6O3. The molecule has 3 aromatic carbocycles. The van der Waals surface area contributed by atoms with Crippen LogP contribution in [0.3, 0.4) is 0 Å². The lowest BCUT2D eigenvalue weighted by Crippen LogP contribution is -2.18. The van der Waals surface area contributed by atoms with Gasteiger partial charge < -0.3 is 9.47 Å². The van der Waals surface area contributed by atoms with E-state index in [0.29, 0.717) is 17.7 Å². The van der Waals surface area contributed by atoms with Gasteiger partial charge in [-0.3, -0.25) is 0 Å². The molecule has 0 heterocycles. The number of carbonyl (C=O) groups excluding carboxylic acids is 1. The zero-order valence-corrected chi connectivity index (χ0v) is 16.6. The summed E-state index contributed by atoms with van der Waals surface area (Å²) in [6.07, 6.45) is -3.34. The zero-order chi connectivity index (χ0) is 23.5. The molecular weight excluding hydrogens is 438 g/mol. The number of alkyl halides is 3. The monoisotopic (exact) mass is 454 g/mol. The van der Waals surface area contributed by atoms with Gasteiger partial charge in [-0.05, 0) is 35.7 Å². The Morgan fingerprint density at radius 1 is 0.906 bits per heavy atom. The maximum Gasteiger partial charge on any atom is 0.573 e. The number of ether oxygens (including phenoxy) is 2. The van der Waals surface area contributed by atoms with Crippen LogP contribution in [0.1, 0.15) is 29.3 Å². The minimum absolute atomic E-state index is 0.0678. The van der Waals surface area contributed by atoms with Gasteiger partial charge in [-0.1, -0.05) is 43.7 Å². The van der Waals surface area contributed by atoms with Gasteiger partial charge in [0.05, 0.1) is 5.56 Å². The highest BCUT2D eigenvalue weighted by Gasteiger charge is 2.32. The van der Waals surface area contributed by atoms with Crippen molar-refractivity contribution in [3.63, 3.8) is 0 Å². The number of halogens is 6. The maximum absolute atomic E-state index is 14.6. The molecule has 0 saturated heterocycles. The predicted molar refractivity (Wildman–Crippen MR) is 104 cm³/mol. The molecule has 0 bridgehead atoms. The third kappa shape index (κ3) is 5.40. The number of esters is 1. The summed E-state index contributed by atoms with van der Waals surface area (Å²) in [7, 11) is 0. The van der Waals surface area contributed by atoms with Crippen LogP contribution in [-0.2, 0) is 6.42 Å². The van der Waals surface area contributed by atoms with E-state index in [1.165, 1.54) is 6.07 Å². The summed E-state index contributed by atoms with van der Waals surface area (Å²) in [4.78, 5) is 12.2. The topological polar surface area (TPSA) is 35.5 Å². The van der Waals surface area contributed by atoms with Gasteiger partial charge in [0.2, 0.25) is 0 Å². The van der Waals surface area contributed by atoms with Crippen LogP contribution in [0.2, 0.25) is 0 Å². The molecule has 168 valence electrons. The molecule has 0 amide bonds. The van der Waals surface area contributed by atoms with E-state index in [1.54, 1.807) is 24.3 Å². The molecule has 0 aliphatic rings. The molecule has 3 aromatic rings. The number of carbonyl (C=O) groups is 1. The summed E-state index contributed by atoms with van der Waals surface area (Å²) >= 11 is 0. The Morgan fingerprint density at radius 2 is 1.59 bits per heavy atom. The van der Waals surface area contributed by atoms with Crippen molar-refractivity contribution in [2.45, 2.75) is 26.1 Å². The van der Waals surface area contributed by atoms with Gasteiger partial charge >= 0.3 is 12.3 Å². The number of hydrogen-bond donors (Lipinski definition) is 0. The summed E-state index contributed by atoms with van der Waals surface area (Å²) in [5.74, 6) is -7.21. The first-order valence-electron chi connectivity index (χ1n) is 9.44. The minimum Gasteiger partial charge on any atom is -0.423 e. The van der Waals surface area contributed by atoms with Crippen LogP contribution in [0.15, 0.2) is 54.6 Å². The van der Waals surface area contributed by atoms with E-state index in [-0.39, 0.29) is 5.56 Å². The third-order valence-electron chi connectivity index (χ3n) is 4.45. The van der Waals surface area contributed by atoms with Crippen molar-refractivity contribution in [2.24, 2.45) is 0 Å². The number of aryl methyl sites for hydroxylation is 1. The number of hydrogen-bond acceptors (Lipinski definition) is 3. The largest absolute Gasteiger partial charge is 0.573 e. The minimum atomic E-state index is -5.11. The SMILES string of the molecule is CCCc1ccc(-c2ccc(C(=O)Oc3ccc(OC(F)(F)F)c(F)c3)c(F)c2F)cc1. The fraction of sp³-hybridized carbons (Fsp3) is 0.174. The molecule has 0 aliphatic carbocycles. The van der Waals surface area contributed by atoms with Gasteiger partial charge in [-0.2, -0.15) is 0 Å². The molecule has 3 rings (SSSR count). The van der Waals surface area contributed by atoms with Crippen molar-refractivity contribution < 1.29 is 40.6 Å². The smallest absolute Gasteiger partial charge is 0.423 e. The predicted octanol–water partition coefficient (Wildman–Crippen LogP) is 6.84. The van der Waals surface area contributed by atoms with Crippen LogP contribution < -0.4 is 9.47 Å². The van der Waals surface area contributed by atoms with Gasteiger partial charge in [0, 0.05) is 11.6 Å². The van der Waals surface area contributed by atoms with Crippen molar-refractivity contribution in [1.82, 2.24) is 0 Å². The summed E-state index contributed by atoms with van der Waals surface area (Å²) < 4.78 is 87.7. The highest BCUT2D eigenvalue weighted by Crippen LogP contribution is 2.30. The van der Waals surface area contributed by atoms with Crippen molar-refractivity contribution in [1.29, 1.82) is 0 Å². The fourth-order valence-electron chi connectivity index (χ4n) is 2.98. The van der Waals surface area contributed by atoms with Crippen LogP contribution in [0.5, 0.6) is 11.5 Å². The first-order chi connectivity index (χ1) is 15.1. The molecule has 0 spiro atoms. The highest BCUT2D eigenvalue weighted by molar-refractivity contribution is 5.92. The lowest BCUT2D eigenvalue weighted by molar-refractivity contribution is -0.275. The fourth-order valence-corrected chi connectivity index (χ4v) is 2.98. The van der Waals surface area contributed by atoms with Crippen molar-refractivity contribution in [3.8, 4) is 22.6 Å². The van der Waals surface area contributed by atoms with Gasteiger partial charge in [-0.15, -0.1) is 13.2 Å². The standard InChI is InChI=1S/C23H16F6O3/c1-2-3-13-4-6-14(7-5-13)16-9-10-17(21(26)20(16)25)22(30)31-15-8-11-19(18(24)12-15)32-23(27,28)29/h4-12H,2-3H2,1H3. The lowest BCUT2D eigenvalue weighted by Gasteiger charge is -2.11. The normalized spacial score (nSPS) is 11.3. The van der Waals surface area contributed by atoms with Crippen molar-refractivity contribution in [2.75, 3.05) is 0 Å². The summed E-state index contributed by atoms with van der Waals surface area (Å²) in [5.41, 5.74) is 0.617. The van der Waals surface area contributed by atoms with Gasteiger partial charge in [0.25, 0.3) is 0 Å². The Labute approximate surface area is 179 Å². The number of rotatable bonds is 6. The molecule has 0 aliphatic heterocycles. The molecule has 0 saturated carbocycles. The zero-order valence-electron chi connectivity index (χ0n) is 16.6. The Morgan fingerprint density at radius 3 is 2.19 bits per heavy atom. The summed E-state index contributed by atoms with van der Waals surface area (Å²) in [6, 6.07) is 10.9. The van der Waals surface area contributed by atoms with Crippen LogP contribution in [0.25, 0.3) is 11.1 Å². The maximum atomic E-state index is 14.6. The van der Waals surface area contributed by atoms with E-state index in [1.807, 2.05) is 6.92 Å². The lowest BCUT2D eigenvalue weighted by atomic mass is 10.00. The van der Waals surface area contributed by atoms with Crippen LogP contribution in [0, 0.1) is 17.5 Å². The highest BCUT2D eigenvalue weighted by atomic mass is 19.4. The van der Waals surface area contributed by atoms with E-state index < -0.39 is 46.8 Å². The van der Waals surface area contributed by atoms with E-state index >= 15 is 0 Å². The molecule has 0 radical (unpaired) electrons. The van der Waals surface area contributed by atoms with Crippen molar-refractivity contribution >= 4 is 5.97 Å². The van der Waals surface area contributed by atoms with Crippen LogP contribution in [0.4, 0.5) is 26.3 Å². The quantitative estimate of drug-likeness (QED) is 0.232. The summed E-state index contributed by atoms with van der Waals surface area (Å²) in [5, 5.41) is 0. The first-order valence-corrected chi connectivity index (χ1v) is 9.44. The van der Waals surface area contributed by atoms with Gasteiger partial charge in [0.15, 0.2) is 23.2 Å². The molecule has 0 aromatic heterocycles. The second-order valence-electron chi connectivity index (χ2n) is 6.77. The van der Waals surface area contributed by atoms with Gasteiger partial charge in [-0.25, -0.2) is 18.0 Å². The molecule has 0 N–H and O–H groups in total. The van der Waals surface area contributed by atoms with Crippen LogP contribution >= 0.6 is 0 Å². The average molecular weight is 454 g/mol. The second-order valence-corrected chi connectivity index (χ2v) is 6.77. The molecule has 32 heavy (non-hydrogen) atoms. The van der Waals surface area contributed by atoms with Crippen LogP contribution in [-0.4, -0.2) is 12.3 Å². The van der Waals surface area contributed by atoms with E-state index in [4.69, 9.17) is 4.74 Å². The van der Waals surface area contributed by atoms with E-state index in [0.717, 1.165) is 30.5 Å². The van der Waals surface area contributed by atoms with E-state index in [2.05, 4.69) is 4.74 Å². The Hall–Kier alpha value is -3.49. The Balaban J connectivity index is 1.80. The van der Waals surface area contributed by atoms with Gasteiger partial charge in [0.1, 0.15) is 5.75 Å². The number of benzene rings is 3. The molecule has 9 heteroatoms. The average Bonchev–Trinajstić information content (AvgIpc) is 2.72. The molecule has 0 fully saturated rings. The van der Waals surface area contributed by atoms with E-state index in [9.17, 15) is 31.1 Å². The Kier molecular flexibility index (Phi) is 6.76. The first kappa shape index (κ1) is 23.2. The molecule has 3 nitrogen and oxygen atoms in total. The second kappa shape index (κ2) is 9.33. The summed E-state index contributed by atoms with van der Waals surface area (Å²) in [6.45, 7) is 2.01. The Bertz CT molecular complexity index is 1120. The molecule has 0 atom stereocenters. The molecule has 0 unspecified atom stereocenters. The third-order valence-corrected chi connectivity index (χ3v) is 4.45.